The van der Waals surface area contributed by atoms with Crippen LogP contribution in [0.25, 0.3) is 0 Å². The number of nitrogens with one attached hydrogen (secondary N) is 1. The van der Waals surface area contributed by atoms with Crippen molar-refractivity contribution in [2.45, 2.75) is 13.1 Å². The Bertz CT molecular complexity index is 792. The minimum absolute atomic E-state index is 0.602. The maximum absolute atomic E-state index is 5.59. The SMILES string of the molecule is S=C(N/N=C\c1ccccc1)N(Cc1ccccc1)Cc1ccccc1. The lowest BCUT2D eigenvalue weighted by Gasteiger charge is -2.25. The Morgan fingerprint density at radius 2 is 1.23 bits per heavy atom. The van der Waals surface area contributed by atoms with Crippen LogP contribution < -0.4 is 5.43 Å². The van der Waals surface area contributed by atoms with Gasteiger partial charge in [-0.2, -0.15) is 5.10 Å². The summed E-state index contributed by atoms with van der Waals surface area (Å²) in [5.74, 6) is 0. The van der Waals surface area contributed by atoms with Crippen molar-refractivity contribution in [2.75, 3.05) is 0 Å². The molecule has 0 aliphatic heterocycles. The molecule has 0 saturated heterocycles. The van der Waals surface area contributed by atoms with Crippen molar-refractivity contribution >= 4 is 23.5 Å². The molecular weight excluding hydrogens is 338 g/mol. The Labute approximate surface area is 160 Å². The standard InChI is InChI=1S/C22H21N3S/c26-22(24-23-16-19-10-4-1-5-11-19)25(17-20-12-6-2-7-13-20)18-21-14-8-3-9-15-21/h1-16H,17-18H2,(H,24,26)/b23-16-. The molecule has 3 nitrogen and oxygen atoms in total. The fraction of sp³-hybridized carbons (Fsp3) is 0.0909. The van der Waals surface area contributed by atoms with E-state index in [-0.39, 0.29) is 0 Å². The molecule has 4 heteroatoms. The summed E-state index contributed by atoms with van der Waals surface area (Å²) in [4.78, 5) is 2.11. The summed E-state index contributed by atoms with van der Waals surface area (Å²) in [6.07, 6.45) is 1.77. The van der Waals surface area contributed by atoms with Gasteiger partial charge in [0.15, 0.2) is 5.11 Å². The highest BCUT2D eigenvalue weighted by molar-refractivity contribution is 7.80. The summed E-state index contributed by atoms with van der Waals surface area (Å²) in [5, 5.41) is 4.89. The minimum Gasteiger partial charge on any atom is -0.339 e. The summed E-state index contributed by atoms with van der Waals surface area (Å²) in [6.45, 7) is 1.45. The van der Waals surface area contributed by atoms with Crippen LogP contribution in [0.5, 0.6) is 0 Å². The molecule has 130 valence electrons. The molecule has 0 unspecified atom stereocenters. The molecule has 0 heterocycles. The molecule has 0 amide bonds. The molecule has 0 aliphatic carbocycles. The van der Waals surface area contributed by atoms with Gasteiger partial charge in [0.1, 0.15) is 0 Å². The van der Waals surface area contributed by atoms with E-state index >= 15 is 0 Å². The predicted molar refractivity (Wildman–Crippen MR) is 112 cm³/mol. The predicted octanol–water partition coefficient (Wildman–Crippen LogP) is 4.60. The molecule has 3 rings (SSSR count). The van der Waals surface area contributed by atoms with Gasteiger partial charge in [-0.3, -0.25) is 5.43 Å². The quantitative estimate of drug-likeness (QED) is 0.396. The van der Waals surface area contributed by atoms with Gasteiger partial charge < -0.3 is 4.90 Å². The van der Waals surface area contributed by atoms with E-state index in [1.54, 1.807) is 6.21 Å². The monoisotopic (exact) mass is 359 g/mol. The normalized spacial score (nSPS) is 10.6. The second-order valence-corrected chi connectivity index (χ2v) is 6.30. The molecule has 0 aromatic heterocycles. The smallest absolute Gasteiger partial charge is 0.190 e. The van der Waals surface area contributed by atoms with Crippen molar-refractivity contribution in [1.29, 1.82) is 0 Å². The van der Waals surface area contributed by atoms with Crippen molar-refractivity contribution in [3.63, 3.8) is 0 Å². The highest BCUT2D eigenvalue weighted by atomic mass is 32.1. The van der Waals surface area contributed by atoms with Gasteiger partial charge >= 0.3 is 0 Å². The first-order valence-electron chi connectivity index (χ1n) is 8.52. The molecule has 0 fully saturated rings. The molecule has 26 heavy (non-hydrogen) atoms. The number of hydrazone groups is 1. The Hall–Kier alpha value is -2.98. The van der Waals surface area contributed by atoms with Gasteiger partial charge in [-0.1, -0.05) is 91.0 Å². The molecule has 0 saturated carbocycles. The van der Waals surface area contributed by atoms with Gasteiger partial charge in [0.2, 0.25) is 0 Å². The molecule has 0 radical (unpaired) electrons. The van der Waals surface area contributed by atoms with Crippen molar-refractivity contribution in [1.82, 2.24) is 10.3 Å². The van der Waals surface area contributed by atoms with Crippen LogP contribution in [-0.2, 0) is 13.1 Å². The summed E-state index contributed by atoms with van der Waals surface area (Å²) in [7, 11) is 0. The number of hydrogen-bond acceptors (Lipinski definition) is 2. The van der Waals surface area contributed by atoms with Gasteiger partial charge in [-0.25, -0.2) is 0 Å². The zero-order chi connectivity index (χ0) is 18.0. The molecule has 0 spiro atoms. The first-order chi connectivity index (χ1) is 12.8. The van der Waals surface area contributed by atoms with Gasteiger partial charge in [-0.05, 0) is 28.9 Å². The highest BCUT2D eigenvalue weighted by Gasteiger charge is 2.10. The Balaban J connectivity index is 1.69. The molecular formula is C22H21N3S. The molecule has 0 bridgehead atoms. The van der Waals surface area contributed by atoms with Crippen LogP contribution in [0.4, 0.5) is 0 Å². The lowest BCUT2D eigenvalue weighted by Crippen LogP contribution is -2.36. The van der Waals surface area contributed by atoms with Crippen LogP contribution in [0.1, 0.15) is 16.7 Å². The van der Waals surface area contributed by atoms with Gasteiger partial charge in [0.05, 0.1) is 6.21 Å². The van der Waals surface area contributed by atoms with E-state index in [9.17, 15) is 0 Å². The van der Waals surface area contributed by atoms with Crippen LogP contribution in [0, 0.1) is 0 Å². The summed E-state index contributed by atoms with van der Waals surface area (Å²) < 4.78 is 0. The van der Waals surface area contributed by atoms with Crippen LogP contribution >= 0.6 is 12.2 Å². The second kappa shape index (κ2) is 9.49. The fourth-order valence-electron chi connectivity index (χ4n) is 2.58. The second-order valence-electron chi connectivity index (χ2n) is 5.91. The average Bonchev–Trinajstić information content (AvgIpc) is 2.70. The highest BCUT2D eigenvalue weighted by Crippen LogP contribution is 2.10. The van der Waals surface area contributed by atoms with Crippen LogP contribution in [0.15, 0.2) is 96.1 Å². The lowest BCUT2D eigenvalue weighted by atomic mass is 10.2. The Morgan fingerprint density at radius 1 is 0.769 bits per heavy atom. The summed E-state index contributed by atoms with van der Waals surface area (Å²) >= 11 is 5.59. The number of rotatable bonds is 6. The van der Waals surface area contributed by atoms with E-state index in [1.165, 1.54) is 11.1 Å². The van der Waals surface area contributed by atoms with Crippen molar-refractivity contribution in [3.8, 4) is 0 Å². The summed E-state index contributed by atoms with van der Waals surface area (Å²) in [6, 6.07) is 30.6. The van der Waals surface area contributed by atoms with Crippen LogP contribution in [-0.4, -0.2) is 16.2 Å². The first kappa shape index (κ1) is 17.8. The molecule has 1 N–H and O–H groups in total. The third kappa shape index (κ3) is 5.53. The zero-order valence-corrected chi connectivity index (χ0v) is 15.3. The lowest BCUT2D eigenvalue weighted by molar-refractivity contribution is 0.400. The number of hydrogen-bond donors (Lipinski definition) is 1. The number of thiocarbonyl (C=S) groups is 1. The zero-order valence-electron chi connectivity index (χ0n) is 14.5. The fourth-order valence-corrected chi connectivity index (χ4v) is 2.76. The van der Waals surface area contributed by atoms with Crippen LogP contribution in [0.2, 0.25) is 0 Å². The van der Waals surface area contributed by atoms with Crippen molar-refractivity contribution < 1.29 is 0 Å². The van der Waals surface area contributed by atoms with Gasteiger partial charge in [0.25, 0.3) is 0 Å². The minimum atomic E-state index is 0.602. The van der Waals surface area contributed by atoms with E-state index in [2.05, 4.69) is 39.7 Å². The van der Waals surface area contributed by atoms with E-state index in [4.69, 9.17) is 12.2 Å². The molecule has 3 aromatic rings. The maximum Gasteiger partial charge on any atom is 0.190 e. The third-order valence-electron chi connectivity index (χ3n) is 3.89. The van der Waals surface area contributed by atoms with Crippen molar-refractivity contribution in [2.24, 2.45) is 5.10 Å². The van der Waals surface area contributed by atoms with E-state index in [0.29, 0.717) is 5.11 Å². The maximum atomic E-state index is 5.59. The summed E-state index contributed by atoms with van der Waals surface area (Å²) in [5.41, 5.74) is 6.44. The Kier molecular flexibility index (Phi) is 6.51. The van der Waals surface area contributed by atoms with Crippen molar-refractivity contribution in [3.05, 3.63) is 108 Å². The Morgan fingerprint density at radius 3 is 1.73 bits per heavy atom. The largest absolute Gasteiger partial charge is 0.339 e. The average molecular weight is 359 g/mol. The van der Waals surface area contributed by atoms with Gasteiger partial charge in [0, 0.05) is 13.1 Å². The molecule has 0 aliphatic rings. The van der Waals surface area contributed by atoms with Gasteiger partial charge in [-0.15, -0.1) is 0 Å². The number of nitrogens with zero attached hydrogens (tertiary/aromatic N) is 2. The molecule has 3 aromatic carbocycles. The first-order valence-corrected chi connectivity index (χ1v) is 8.93. The van der Waals surface area contributed by atoms with E-state index in [1.807, 2.05) is 66.7 Å². The van der Waals surface area contributed by atoms with Crippen LogP contribution in [0.3, 0.4) is 0 Å². The van der Waals surface area contributed by atoms with E-state index in [0.717, 1.165) is 18.7 Å². The molecule has 0 atom stereocenters. The number of benzene rings is 3. The topological polar surface area (TPSA) is 27.6 Å². The third-order valence-corrected chi connectivity index (χ3v) is 4.24. The van der Waals surface area contributed by atoms with E-state index < -0.39 is 0 Å².